The van der Waals surface area contributed by atoms with Crippen molar-refractivity contribution in [3.8, 4) is 0 Å². The zero-order valence-electron chi connectivity index (χ0n) is 19.1. The van der Waals surface area contributed by atoms with E-state index in [1.165, 1.54) is 24.1 Å². The van der Waals surface area contributed by atoms with E-state index in [0.29, 0.717) is 5.92 Å². The zero-order chi connectivity index (χ0) is 21.0. The molecule has 0 aliphatic carbocycles. The van der Waals surface area contributed by atoms with E-state index in [1.807, 2.05) is 32.6 Å². The molecule has 0 radical (unpaired) electrons. The fraction of sp³-hybridized carbons (Fsp3) is 0.667. The maximum absolute atomic E-state index is 5.72. The Morgan fingerprint density at radius 2 is 1.83 bits per heavy atom. The minimum absolute atomic E-state index is 0. The first-order chi connectivity index (χ1) is 13.9. The van der Waals surface area contributed by atoms with Gasteiger partial charge in [-0.25, -0.2) is 4.98 Å². The first kappa shape index (κ1) is 24.6. The van der Waals surface area contributed by atoms with Gasteiger partial charge in [-0.1, -0.05) is 0 Å². The molecule has 0 amide bonds. The number of hydrogen-bond acceptors (Lipinski definition) is 5. The van der Waals surface area contributed by atoms with E-state index in [2.05, 4.69) is 44.5 Å². The van der Waals surface area contributed by atoms with Gasteiger partial charge >= 0.3 is 0 Å². The van der Waals surface area contributed by atoms with Crippen LogP contribution in [-0.4, -0.2) is 52.3 Å². The molecular weight excluding hydrogens is 493 g/mol. The Morgan fingerprint density at radius 3 is 2.37 bits per heavy atom. The minimum atomic E-state index is 0. The summed E-state index contributed by atoms with van der Waals surface area (Å²) in [6.45, 7) is 12.8. The van der Waals surface area contributed by atoms with Gasteiger partial charge in [0, 0.05) is 38.4 Å². The van der Waals surface area contributed by atoms with E-state index < -0.39 is 0 Å². The molecule has 2 N–H and O–H groups in total. The summed E-state index contributed by atoms with van der Waals surface area (Å²) in [4.78, 5) is 11.3. The standard InChI is InChI=1S/C21H35N7O.HI/c1-14-17(4)29-20(25-14)13-28-9-7-18(8-10-28)11-23-21(22-5)24-12-19-15(2)26-27(6)16(19)3;/h18H,7-13H2,1-6H3,(H2,22,23,24);1H. The number of aromatic nitrogens is 3. The second kappa shape index (κ2) is 11.1. The highest BCUT2D eigenvalue weighted by atomic mass is 127. The van der Waals surface area contributed by atoms with Gasteiger partial charge in [0.1, 0.15) is 5.76 Å². The predicted octanol–water partition coefficient (Wildman–Crippen LogP) is 2.84. The normalized spacial score (nSPS) is 15.9. The van der Waals surface area contributed by atoms with Crippen molar-refractivity contribution in [1.82, 2.24) is 30.3 Å². The number of guanidine groups is 1. The van der Waals surface area contributed by atoms with Crippen molar-refractivity contribution in [2.75, 3.05) is 26.7 Å². The number of nitrogens with zero attached hydrogens (tertiary/aromatic N) is 5. The van der Waals surface area contributed by atoms with Crippen molar-refractivity contribution in [3.63, 3.8) is 0 Å². The lowest BCUT2D eigenvalue weighted by Gasteiger charge is -2.31. The third kappa shape index (κ3) is 6.19. The first-order valence-electron chi connectivity index (χ1n) is 10.5. The molecule has 30 heavy (non-hydrogen) atoms. The first-order valence-corrected chi connectivity index (χ1v) is 10.5. The van der Waals surface area contributed by atoms with Crippen LogP contribution in [0.3, 0.4) is 0 Å². The zero-order valence-corrected chi connectivity index (χ0v) is 21.4. The summed E-state index contributed by atoms with van der Waals surface area (Å²) < 4.78 is 7.65. The van der Waals surface area contributed by atoms with Gasteiger partial charge in [0.25, 0.3) is 0 Å². The average Bonchev–Trinajstić information content (AvgIpc) is 3.14. The van der Waals surface area contributed by atoms with Crippen LogP contribution in [0.4, 0.5) is 0 Å². The van der Waals surface area contributed by atoms with E-state index in [1.54, 1.807) is 0 Å². The molecule has 1 fully saturated rings. The summed E-state index contributed by atoms with van der Waals surface area (Å²) in [5.74, 6) is 3.26. The Labute approximate surface area is 196 Å². The molecule has 1 aliphatic heterocycles. The van der Waals surface area contributed by atoms with Crippen LogP contribution < -0.4 is 10.6 Å². The summed E-state index contributed by atoms with van der Waals surface area (Å²) in [6, 6.07) is 0. The van der Waals surface area contributed by atoms with E-state index in [4.69, 9.17) is 4.42 Å². The Bertz CT molecular complexity index is 830. The average molecular weight is 529 g/mol. The molecule has 0 atom stereocenters. The van der Waals surface area contributed by atoms with Crippen molar-refractivity contribution in [2.45, 2.75) is 53.6 Å². The van der Waals surface area contributed by atoms with Crippen molar-refractivity contribution in [1.29, 1.82) is 0 Å². The van der Waals surface area contributed by atoms with Gasteiger partial charge in [0.05, 0.1) is 17.9 Å². The van der Waals surface area contributed by atoms with Gasteiger partial charge < -0.3 is 15.1 Å². The number of nitrogens with one attached hydrogen (secondary N) is 2. The highest BCUT2D eigenvalue weighted by Crippen LogP contribution is 2.19. The van der Waals surface area contributed by atoms with Gasteiger partial charge in [-0.3, -0.25) is 14.6 Å². The summed E-state index contributed by atoms with van der Waals surface area (Å²) in [6.07, 6.45) is 2.34. The lowest BCUT2D eigenvalue weighted by molar-refractivity contribution is 0.164. The van der Waals surface area contributed by atoms with Crippen molar-refractivity contribution < 1.29 is 4.42 Å². The molecule has 8 nitrogen and oxygen atoms in total. The van der Waals surface area contributed by atoms with Crippen LogP contribution in [0.1, 0.15) is 47.1 Å². The molecule has 2 aromatic rings. The maximum atomic E-state index is 5.72. The third-order valence-electron chi connectivity index (χ3n) is 6.01. The third-order valence-corrected chi connectivity index (χ3v) is 6.01. The molecule has 0 aromatic carbocycles. The monoisotopic (exact) mass is 529 g/mol. The van der Waals surface area contributed by atoms with Gasteiger partial charge in [-0.2, -0.15) is 5.10 Å². The van der Waals surface area contributed by atoms with Gasteiger partial charge in [-0.15, -0.1) is 24.0 Å². The summed E-state index contributed by atoms with van der Waals surface area (Å²) >= 11 is 0. The smallest absolute Gasteiger partial charge is 0.208 e. The van der Waals surface area contributed by atoms with E-state index in [9.17, 15) is 0 Å². The number of oxazole rings is 1. The number of rotatable bonds is 6. The van der Waals surface area contributed by atoms with Gasteiger partial charge in [0.2, 0.25) is 5.89 Å². The van der Waals surface area contributed by atoms with Crippen LogP contribution in [-0.2, 0) is 20.1 Å². The van der Waals surface area contributed by atoms with Crippen LogP contribution >= 0.6 is 24.0 Å². The fourth-order valence-corrected chi connectivity index (χ4v) is 3.85. The van der Waals surface area contributed by atoms with Crippen LogP contribution in [0, 0.1) is 33.6 Å². The molecule has 168 valence electrons. The van der Waals surface area contributed by atoms with Crippen molar-refractivity contribution in [2.24, 2.45) is 18.0 Å². The largest absolute Gasteiger partial charge is 0.444 e. The second-order valence-corrected chi connectivity index (χ2v) is 8.05. The van der Waals surface area contributed by atoms with Crippen LogP contribution in [0.25, 0.3) is 0 Å². The Morgan fingerprint density at radius 1 is 1.13 bits per heavy atom. The van der Waals surface area contributed by atoms with Crippen LogP contribution in [0.2, 0.25) is 0 Å². The Hall–Kier alpha value is -1.62. The Balaban J connectivity index is 0.00000320. The van der Waals surface area contributed by atoms with Gasteiger partial charge in [0.15, 0.2) is 5.96 Å². The number of hydrogen-bond donors (Lipinski definition) is 2. The number of aryl methyl sites for hydroxylation is 4. The number of likely N-dealkylation sites (tertiary alicyclic amines) is 1. The lowest BCUT2D eigenvalue weighted by Crippen LogP contribution is -2.42. The predicted molar refractivity (Wildman–Crippen MR) is 130 cm³/mol. The topological polar surface area (TPSA) is 83.5 Å². The number of aliphatic imine (C=N–C) groups is 1. The van der Waals surface area contributed by atoms with Crippen LogP contribution in [0.5, 0.6) is 0 Å². The highest BCUT2D eigenvalue weighted by Gasteiger charge is 2.21. The maximum Gasteiger partial charge on any atom is 0.208 e. The molecule has 0 spiro atoms. The van der Waals surface area contributed by atoms with Gasteiger partial charge in [-0.05, 0) is 59.5 Å². The molecule has 3 heterocycles. The summed E-state index contributed by atoms with van der Waals surface area (Å²) in [5, 5.41) is 11.4. The molecular formula is C21H36IN7O. The highest BCUT2D eigenvalue weighted by molar-refractivity contribution is 14.0. The fourth-order valence-electron chi connectivity index (χ4n) is 3.85. The second-order valence-electron chi connectivity index (χ2n) is 8.05. The quantitative estimate of drug-likeness (QED) is 0.340. The minimum Gasteiger partial charge on any atom is -0.444 e. The molecule has 0 bridgehead atoms. The molecule has 3 rings (SSSR count). The van der Waals surface area contributed by atoms with Crippen LogP contribution in [0.15, 0.2) is 9.41 Å². The SMILES string of the molecule is CN=C(NCc1c(C)nn(C)c1C)NCC1CCN(Cc2nc(C)c(C)o2)CC1.I. The van der Waals surface area contributed by atoms with Crippen molar-refractivity contribution in [3.05, 3.63) is 34.3 Å². The molecule has 0 saturated carbocycles. The summed E-state index contributed by atoms with van der Waals surface area (Å²) in [7, 11) is 3.80. The summed E-state index contributed by atoms with van der Waals surface area (Å²) in [5.41, 5.74) is 4.49. The van der Waals surface area contributed by atoms with E-state index in [-0.39, 0.29) is 24.0 Å². The number of halogens is 1. The molecule has 1 saturated heterocycles. The number of piperidine rings is 1. The lowest BCUT2D eigenvalue weighted by atomic mass is 9.97. The van der Waals surface area contributed by atoms with E-state index in [0.717, 1.165) is 61.7 Å². The molecule has 1 aliphatic rings. The van der Waals surface area contributed by atoms with Crippen molar-refractivity contribution >= 4 is 29.9 Å². The Kier molecular flexibility index (Phi) is 9.14. The molecule has 9 heteroatoms. The molecule has 2 aromatic heterocycles. The van der Waals surface area contributed by atoms with E-state index >= 15 is 0 Å². The molecule has 0 unspecified atom stereocenters.